The molecule has 0 aliphatic carbocycles. The van der Waals surface area contributed by atoms with E-state index in [0.29, 0.717) is 12.0 Å². The number of piperidine rings is 1. The lowest BCUT2D eigenvalue weighted by Gasteiger charge is -2.36. The number of likely N-dealkylation sites (tertiary alicyclic amines) is 1. The topological polar surface area (TPSA) is 58.4 Å². The summed E-state index contributed by atoms with van der Waals surface area (Å²) < 4.78 is 0. The number of nitrogens with two attached hydrogens (primary N) is 1. The number of nitrogens with one attached hydrogen (secondary N) is 1. The first-order valence-corrected chi connectivity index (χ1v) is 6.32. The zero-order chi connectivity index (χ0) is 12.0. The molecule has 1 unspecified atom stereocenters. The number of amides is 1. The number of carbonyl (C=O) groups is 1. The van der Waals surface area contributed by atoms with Crippen LogP contribution in [-0.4, -0.2) is 43.0 Å². The van der Waals surface area contributed by atoms with Crippen molar-refractivity contribution in [1.82, 2.24) is 10.2 Å². The first kappa shape index (κ1) is 13.5. The number of rotatable bonds is 5. The molecule has 4 nitrogen and oxygen atoms in total. The molecule has 1 rings (SSSR count). The third-order valence-corrected chi connectivity index (χ3v) is 3.50. The van der Waals surface area contributed by atoms with Crippen LogP contribution in [0.4, 0.5) is 0 Å². The third kappa shape index (κ3) is 4.49. The monoisotopic (exact) mass is 227 g/mol. The fraction of sp³-hybridized carbons (Fsp3) is 0.917. The second-order valence-electron chi connectivity index (χ2n) is 4.84. The molecule has 94 valence electrons. The summed E-state index contributed by atoms with van der Waals surface area (Å²) in [7, 11) is 0. The summed E-state index contributed by atoms with van der Waals surface area (Å²) in [6.07, 6.45) is 3.46. The summed E-state index contributed by atoms with van der Waals surface area (Å²) in [6, 6.07) is 0.603. The molecule has 0 radical (unpaired) electrons. The number of hydrogen-bond acceptors (Lipinski definition) is 3. The van der Waals surface area contributed by atoms with Crippen LogP contribution in [0.25, 0.3) is 0 Å². The molecular weight excluding hydrogens is 202 g/mol. The van der Waals surface area contributed by atoms with Gasteiger partial charge in [0.1, 0.15) is 0 Å². The minimum absolute atomic E-state index is 0.0823. The van der Waals surface area contributed by atoms with Crippen molar-refractivity contribution in [2.45, 2.75) is 39.2 Å². The predicted octanol–water partition coefficient (Wildman–Crippen LogP) is 0.572. The second kappa shape index (κ2) is 6.86. The van der Waals surface area contributed by atoms with Crippen LogP contribution >= 0.6 is 0 Å². The van der Waals surface area contributed by atoms with Gasteiger partial charge in [0.05, 0.1) is 0 Å². The molecule has 0 aromatic rings. The predicted molar refractivity (Wildman–Crippen MR) is 66.1 cm³/mol. The molecule has 1 atom stereocenters. The SMILES string of the molecule is CC(=O)NCC1CCN(C(C)CCN)CC1. The largest absolute Gasteiger partial charge is 0.356 e. The minimum Gasteiger partial charge on any atom is -0.356 e. The quantitative estimate of drug-likeness (QED) is 0.722. The molecule has 3 N–H and O–H groups in total. The highest BCUT2D eigenvalue weighted by Gasteiger charge is 2.22. The van der Waals surface area contributed by atoms with E-state index in [1.165, 1.54) is 12.8 Å². The van der Waals surface area contributed by atoms with Crippen molar-refractivity contribution in [3.63, 3.8) is 0 Å². The Morgan fingerprint density at radius 1 is 1.50 bits per heavy atom. The molecule has 0 aromatic heterocycles. The van der Waals surface area contributed by atoms with E-state index in [9.17, 15) is 4.79 Å². The van der Waals surface area contributed by atoms with E-state index >= 15 is 0 Å². The lowest BCUT2D eigenvalue weighted by Crippen LogP contribution is -2.43. The summed E-state index contributed by atoms with van der Waals surface area (Å²) in [6.45, 7) is 7.73. The molecule has 0 spiro atoms. The van der Waals surface area contributed by atoms with Crippen molar-refractivity contribution >= 4 is 5.91 Å². The Morgan fingerprint density at radius 3 is 2.62 bits per heavy atom. The van der Waals surface area contributed by atoms with Gasteiger partial charge in [0.15, 0.2) is 0 Å². The first-order chi connectivity index (χ1) is 7.63. The molecule has 1 fully saturated rings. The van der Waals surface area contributed by atoms with Crippen LogP contribution in [0.1, 0.15) is 33.1 Å². The molecule has 1 heterocycles. The Labute approximate surface area is 98.6 Å². The van der Waals surface area contributed by atoms with E-state index in [-0.39, 0.29) is 5.91 Å². The smallest absolute Gasteiger partial charge is 0.216 e. The zero-order valence-corrected chi connectivity index (χ0v) is 10.5. The highest BCUT2D eigenvalue weighted by molar-refractivity contribution is 5.72. The van der Waals surface area contributed by atoms with Gasteiger partial charge in [-0.25, -0.2) is 0 Å². The van der Waals surface area contributed by atoms with Crippen LogP contribution in [-0.2, 0) is 4.79 Å². The summed E-state index contributed by atoms with van der Waals surface area (Å²) in [5.41, 5.74) is 5.57. The molecule has 1 aliphatic rings. The Morgan fingerprint density at radius 2 is 2.12 bits per heavy atom. The van der Waals surface area contributed by atoms with Gasteiger partial charge in [-0.1, -0.05) is 0 Å². The van der Waals surface area contributed by atoms with Gasteiger partial charge >= 0.3 is 0 Å². The van der Waals surface area contributed by atoms with Crippen LogP contribution in [0.2, 0.25) is 0 Å². The van der Waals surface area contributed by atoms with Crippen molar-refractivity contribution in [2.75, 3.05) is 26.2 Å². The van der Waals surface area contributed by atoms with Gasteiger partial charge < -0.3 is 16.0 Å². The first-order valence-electron chi connectivity index (χ1n) is 6.32. The molecule has 1 aliphatic heterocycles. The lowest BCUT2D eigenvalue weighted by molar-refractivity contribution is -0.119. The Balaban J connectivity index is 2.20. The number of carbonyl (C=O) groups excluding carboxylic acids is 1. The van der Waals surface area contributed by atoms with Gasteiger partial charge in [-0.15, -0.1) is 0 Å². The van der Waals surface area contributed by atoms with Gasteiger partial charge in [-0.2, -0.15) is 0 Å². The van der Waals surface area contributed by atoms with Crippen molar-refractivity contribution < 1.29 is 4.79 Å². The van der Waals surface area contributed by atoms with Crippen molar-refractivity contribution in [1.29, 1.82) is 0 Å². The Hall–Kier alpha value is -0.610. The van der Waals surface area contributed by atoms with Crippen LogP contribution in [0, 0.1) is 5.92 Å². The fourth-order valence-electron chi connectivity index (χ4n) is 2.31. The fourth-order valence-corrected chi connectivity index (χ4v) is 2.31. The third-order valence-electron chi connectivity index (χ3n) is 3.50. The molecule has 0 bridgehead atoms. The average Bonchev–Trinajstić information content (AvgIpc) is 2.27. The van der Waals surface area contributed by atoms with Crippen LogP contribution < -0.4 is 11.1 Å². The summed E-state index contributed by atoms with van der Waals surface area (Å²) in [5, 5.41) is 2.91. The molecule has 4 heteroatoms. The standard InChI is InChI=1S/C12H25N3O/c1-10(3-6-13)15-7-4-12(5-8-15)9-14-11(2)16/h10,12H,3-9,13H2,1-2H3,(H,14,16). The Bertz CT molecular complexity index is 212. The maximum Gasteiger partial charge on any atom is 0.216 e. The minimum atomic E-state index is 0.0823. The maximum atomic E-state index is 10.8. The van der Waals surface area contributed by atoms with E-state index in [1.807, 2.05) is 0 Å². The van der Waals surface area contributed by atoms with E-state index in [1.54, 1.807) is 6.92 Å². The molecule has 16 heavy (non-hydrogen) atoms. The number of nitrogens with zero attached hydrogens (tertiary/aromatic N) is 1. The summed E-state index contributed by atoms with van der Waals surface area (Å²) in [4.78, 5) is 13.3. The second-order valence-corrected chi connectivity index (χ2v) is 4.84. The highest BCUT2D eigenvalue weighted by atomic mass is 16.1. The van der Waals surface area contributed by atoms with Crippen LogP contribution in [0.3, 0.4) is 0 Å². The van der Waals surface area contributed by atoms with Crippen LogP contribution in [0.5, 0.6) is 0 Å². The van der Waals surface area contributed by atoms with Crippen LogP contribution in [0.15, 0.2) is 0 Å². The zero-order valence-electron chi connectivity index (χ0n) is 10.5. The van der Waals surface area contributed by atoms with Crippen molar-refractivity contribution in [2.24, 2.45) is 11.7 Å². The average molecular weight is 227 g/mol. The molecule has 0 aromatic carbocycles. The normalized spacial score (nSPS) is 20.7. The summed E-state index contributed by atoms with van der Waals surface area (Å²) in [5.74, 6) is 0.740. The summed E-state index contributed by atoms with van der Waals surface area (Å²) >= 11 is 0. The van der Waals surface area contributed by atoms with Gasteiger partial charge in [-0.3, -0.25) is 4.79 Å². The van der Waals surface area contributed by atoms with E-state index in [4.69, 9.17) is 5.73 Å². The molecular formula is C12H25N3O. The van der Waals surface area contributed by atoms with Crippen molar-refractivity contribution in [3.8, 4) is 0 Å². The van der Waals surface area contributed by atoms with Gasteiger partial charge in [-0.05, 0) is 51.7 Å². The molecule has 1 saturated heterocycles. The van der Waals surface area contributed by atoms with Gasteiger partial charge in [0.2, 0.25) is 5.91 Å². The van der Waals surface area contributed by atoms with E-state index < -0.39 is 0 Å². The molecule has 0 saturated carbocycles. The Kier molecular flexibility index (Phi) is 5.77. The van der Waals surface area contributed by atoms with Crippen molar-refractivity contribution in [3.05, 3.63) is 0 Å². The number of hydrogen-bond donors (Lipinski definition) is 2. The van der Waals surface area contributed by atoms with Gasteiger partial charge in [0, 0.05) is 19.5 Å². The maximum absolute atomic E-state index is 10.8. The van der Waals surface area contributed by atoms with E-state index in [2.05, 4.69) is 17.1 Å². The molecule has 1 amide bonds. The van der Waals surface area contributed by atoms with Gasteiger partial charge in [0.25, 0.3) is 0 Å². The highest BCUT2D eigenvalue weighted by Crippen LogP contribution is 2.19. The lowest BCUT2D eigenvalue weighted by atomic mass is 9.95. The van der Waals surface area contributed by atoms with E-state index in [0.717, 1.165) is 32.6 Å².